The standard InChI is InChI=1S/C49H97NO3/c1-17-19-21-22-23-24-25-36-53-43(51)29-27-33-46(7,8)38-45(5,6)32-26-28-42(30-34-47(9,10)39-44(3,4)31-20-18-2)52-37-35-48(11,12)40-49(13,14)41-50(15)16/h24-25,42H,17-23,26-41H2,1-16H3. The van der Waals surface area contributed by atoms with E-state index in [0.717, 1.165) is 58.1 Å². The highest BCUT2D eigenvalue weighted by Gasteiger charge is 2.32. The van der Waals surface area contributed by atoms with E-state index in [9.17, 15) is 4.79 Å². The van der Waals surface area contributed by atoms with Crippen LogP contribution in [-0.4, -0.2) is 50.8 Å². The molecule has 0 aliphatic heterocycles. The predicted molar refractivity (Wildman–Crippen MR) is 235 cm³/mol. The van der Waals surface area contributed by atoms with Gasteiger partial charge in [0.2, 0.25) is 0 Å². The molecule has 0 aromatic heterocycles. The molecule has 0 fully saturated rings. The molecule has 1 unspecified atom stereocenters. The second-order valence-corrected chi connectivity index (χ2v) is 22.4. The van der Waals surface area contributed by atoms with Gasteiger partial charge in [-0.15, -0.1) is 0 Å². The van der Waals surface area contributed by atoms with Gasteiger partial charge in [0, 0.05) is 19.6 Å². The minimum absolute atomic E-state index is 0.0601. The smallest absolute Gasteiger partial charge is 0.306 e. The van der Waals surface area contributed by atoms with Crippen molar-refractivity contribution < 1.29 is 14.3 Å². The number of esters is 1. The highest BCUT2D eigenvalue weighted by atomic mass is 16.5. The maximum Gasteiger partial charge on any atom is 0.306 e. The topological polar surface area (TPSA) is 38.8 Å². The molecule has 0 saturated heterocycles. The van der Waals surface area contributed by atoms with E-state index in [1.165, 1.54) is 77.0 Å². The molecule has 0 N–H and O–H groups in total. The molecule has 0 aliphatic carbocycles. The van der Waals surface area contributed by atoms with Crippen LogP contribution in [0.5, 0.6) is 0 Å². The average Bonchev–Trinajstić information content (AvgIpc) is 2.97. The van der Waals surface area contributed by atoms with Gasteiger partial charge in [-0.05, 0) is 130 Å². The van der Waals surface area contributed by atoms with Gasteiger partial charge in [0.25, 0.3) is 0 Å². The van der Waals surface area contributed by atoms with Crippen LogP contribution in [0.4, 0.5) is 0 Å². The molecule has 0 heterocycles. The van der Waals surface area contributed by atoms with E-state index in [2.05, 4.69) is 122 Å². The molecule has 0 radical (unpaired) electrons. The number of rotatable bonds is 33. The summed E-state index contributed by atoms with van der Waals surface area (Å²) in [6.07, 6.45) is 27.7. The number of ether oxygens (including phenoxy) is 2. The first-order valence-electron chi connectivity index (χ1n) is 22.4. The number of hydrogen-bond donors (Lipinski definition) is 0. The Morgan fingerprint density at radius 1 is 0.566 bits per heavy atom. The Morgan fingerprint density at radius 2 is 1.08 bits per heavy atom. The van der Waals surface area contributed by atoms with Crippen LogP contribution in [0.3, 0.4) is 0 Å². The number of allylic oxidation sites excluding steroid dienone is 1. The molecule has 0 spiro atoms. The van der Waals surface area contributed by atoms with Crippen LogP contribution in [0.15, 0.2) is 12.2 Å². The maximum absolute atomic E-state index is 12.4. The molecule has 0 aliphatic rings. The normalized spacial score (nSPS) is 14.4. The summed E-state index contributed by atoms with van der Waals surface area (Å²) >= 11 is 0. The lowest BCUT2D eigenvalue weighted by Gasteiger charge is -2.38. The number of nitrogens with zero attached hydrogens (tertiary/aromatic N) is 1. The van der Waals surface area contributed by atoms with E-state index in [1.54, 1.807) is 0 Å². The van der Waals surface area contributed by atoms with Crippen LogP contribution in [0.25, 0.3) is 0 Å². The fourth-order valence-corrected chi connectivity index (χ4v) is 9.87. The van der Waals surface area contributed by atoms with Crippen molar-refractivity contribution in [2.45, 2.75) is 231 Å². The molecular weight excluding hydrogens is 651 g/mol. The number of carbonyl (C=O) groups is 1. The molecule has 4 heteroatoms. The van der Waals surface area contributed by atoms with Crippen molar-refractivity contribution >= 4 is 5.97 Å². The van der Waals surface area contributed by atoms with Crippen molar-refractivity contribution in [1.82, 2.24) is 4.90 Å². The Kier molecular flexibility index (Phi) is 25.0. The SMILES string of the molecule is CCCCCCC=CCOC(=O)CCCC(C)(C)CC(C)(C)CCCC(CCC(C)(C)CC(C)(C)CCCC)OCCC(C)(C)CC(C)(C)CN(C)C. The Balaban J connectivity index is 5.15. The molecule has 0 aromatic rings. The molecule has 1 atom stereocenters. The monoisotopic (exact) mass is 748 g/mol. The Morgan fingerprint density at radius 3 is 1.64 bits per heavy atom. The second kappa shape index (κ2) is 25.4. The van der Waals surface area contributed by atoms with E-state index >= 15 is 0 Å². The maximum atomic E-state index is 12.4. The Hall–Kier alpha value is -0.870. The molecule has 0 rings (SSSR count). The predicted octanol–water partition coefficient (Wildman–Crippen LogP) is 15.0. The summed E-state index contributed by atoms with van der Waals surface area (Å²) in [6, 6.07) is 0. The first-order chi connectivity index (χ1) is 24.3. The quantitative estimate of drug-likeness (QED) is 0.0381. The lowest BCUT2D eigenvalue weighted by atomic mass is 9.70. The number of hydrogen-bond acceptors (Lipinski definition) is 4. The van der Waals surface area contributed by atoms with Crippen molar-refractivity contribution in [3.8, 4) is 0 Å². The molecule has 316 valence electrons. The van der Waals surface area contributed by atoms with E-state index in [1.807, 2.05) is 6.08 Å². The van der Waals surface area contributed by atoms with Crippen molar-refractivity contribution in [2.24, 2.45) is 32.5 Å². The van der Waals surface area contributed by atoms with Gasteiger partial charge in [0.15, 0.2) is 0 Å². The Bertz CT molecular complexity index is 970. The third kappa shape index (κ3) is 30.0. The van der Waals surface area contributed by atoms with Gasteiger partial charge in [-0.25, -0.2) is 0 Å². The molecule has 53 heavy (non-hydrogen) atoms. The van der Waals surface area contributed by atoms with Crippen LogP contribution >= 0.6 is 0 Å². The van der Waals surface area contributed by atoms with E-state index in [4.69, 9.17) is 9.47 Å². The zero-order valence-electron chi connectivity index (χ0n) is 39.2. The van der Waals surface area contributed by atoms with Gasteiger partial charge in [-0.3, -0.25) is 4.79 Å². The summed E-state index contributed by atoms with van der Waals surface area (Å²) < 4.78 is 12.3. The molecule has 4 nitrogen and oxygen atoms in total. The fraction of sp³-hybridized carbons (Fsp3) is 0.939. The van der Waals surface area contributed by atoms with Crippen molar-refractivity contribution in [2.75, 3.05) is 33.9 Å². The largest absolute Gasteiger partial charge is 0.461 e. The molecule has 0 aromatic carbocycles. The van der Waals surface area contributed by atoms with E-state index in [-0.39, 0.29) is 27.6 Å². The Labute approximate surface area is 334 Å². The van der Waals surface area contributed by atoms with Crippen LogP contribution < -0.4 is 0 Å². The second-order valence-electron chi connectivity index (χ2n) is 22.4. The first-order valence-corrected chi connectivity index (χ1v) is 22.4. The number of unbranched alkanes of at least 4 members (excludes halogenated alkanes) is 5. The minimum Gasteiger partial charge on any atom is -0.461 e. The third-order valence-corrected chi connectivity index (χ3v) is 11.4. The molecule has 0 saturated carbocycles. The fourth-order valence-electron chi connectivity index (χ4n) is 9.87. The minimum atomic E-state index is -0.0601. The summed E-state index contributed by atoms with van der Waals surface area (Å²) in [7, 11) is 4.37. The van der Waals surface area contributed by atoms with Crippen LogP contribution in [0.2, 0.25) is 0 Å². The van der Waals surface area contributed by atoms with E-state index < -0.39 is 0 Å². The van der Waals surface area contributed by atoms with Crippen LogP contribution in [-0.2, 0) is 14.3 Å². The highest BCUT2D eigenvalue weighted by Crippen LogP contribution is 2.43. The summed E-state index contributed by atoms with van der Waals surface area (Å²) in [5, 5.41) is 0. The average molecular weight is 748 g/mol. The van der Waals surface area contributed by atoms with Gasteiger partial charge in [-0.2, -0.15) is 0 Å². The van der Waals surface area contributed by atoms with E-state index in [0.29, 0.717) is 30.0 Å². The number of carbonyl (C=O) groups excluding carboxylic acids is 1. The highest BCUT2D eigenvalue weighted by molar-refractivity contribution is 5.69. The molecule has 0 bridgehead atoms. The van der Waals surface area contributed by atoms with Crippen LogP contribution in [0, 0.1) is 32.5 Å². The molecule has 0 amide bonds. The molecular formula is C49H97NO3. The van der Waals surface area contributed by atoms with Gasteiger partial charge >= 0.3 is 5.97 Å². The van der Waals surface area contributed by atoms with Crippen molar-refractivity contribution in [1.29, 1.82) is 0 Å². The van der Waals surface area contributed by atoms with Gasteiger partial charge in [0.1, 0.15) is 6.61 Å². The summed E-state index contributed by atoms with van der Waals surface area (Å²) in [4.78, 5) is 14.7. The van der Waals surface area contributed by atoms with Gasteiger partial charge in [0.05, 0.1) is 6.10 Å². The first kappa shape index (κ1) is 52.1. The third-order valence-electron chi connectivity index (χ3n) is 11.4. The lowest BCUT2D eigenvalue weighted by molar-refractivity contribution is -0.142. The van der Waals surface area contributed by atoms with Gasteiger partial charge < -0.3 is 14.4 Å². The summed E-state index contributed by atoms with van der Waals surface area (Å²) in [5.41, 5.74) is 1.68. The van der Waals surface area contributed by atoms with Crippen molar-refractivity contribution in [3.63, 3.8) is 0 Å². The lowest BCUT2D eigenvalue weighted by Crippen LogP contribution is -2.33. The van der Waals surface area contributed by atoms with Crippen molar-refractivity contribution in [3.05, 3.63) is 12.2 Å². The van der Waals surface area contributed by atoms with Gasteiger partial charge in [-0.1, -0.05) is 148 Å². The van der Waals surface area contributed by atoms with Crippen LogP contribution in [0.1, 0.15) is 225 Å². The summed E-state index contributed by atoms with van der Waals surface area (Å²) in [6.45, 7) is 36.2. The zero-order chi connectivity index (χ0) is 40.8. The summed E-state index contributed by atoms with van der Waals surface area (Å²) in [5.74, 6) is -0.0601. The zero-order valence-corrected chi connectivity index (χ0v) is 39.2.